The summed E-state index contributed by atoms with van der Waals surface area (Å²) in [5, 5.41) is 6.89. The van der Waals surface area contributed by atoms with Crippen LogP contribution in [0.2, 0.25) is 0 Å². The molecule has 1 aliphatic carbocycles. The number of carbonyl (C=O) groups excluding carboxylic acids is 1. The third-order valence-corrected chi connectivity index (χ3v) is 5.95. The van der Waals surface area contributed by atoms with E-state index in [0.29, 0.717) is 11.8 Å². The number of hydrogen-bond donors (Lipinski definition) is 2. The average molecular weight is 523 g/mol. The molecule has 2 fully saturated rings. The maximum atomic E-state index is 12.8. The van der Waals surface area contributed by atoms with Crippen molar-refractivity contribution >= 4 is 35.8 Å². The summed E-state index contributed by atoms with van der Waals surface area (Å²) in [6.45, 7) is 12.5. The number of ether oxygens (including phenoxy) is 1. The van der Waals surface area contributed by atoms with Gasteiger partial charge in [-0.3, -0.25) is 9.79 Å². The Hall–Kier alpha value is -0.570. The smallest absolute Gasteiger partial charge is 0.225 e. The van der Waals surface area contributed by atoms with Gasteiger partial charge in [-0.15, -0.1) is 24.0 Å². The molecular formula is C22H43IN4O2. The summed E-state index contributed by atoms with van der Waals surface area (Å²) in [7, 11) is 0. The summed E-state index contributed by atoms with van der Waals surface area (Å²) in [6, 6.07) is 0.290. The van der Waals surface area contributed by atoms with E-state index in [4.69, 9.17) is 9.73 Å². The SMILES string of the molecule is CCNC(=NCCC(OCC)C(C)C)NC1CCN(C(=O)C2CCCCC2)C1.I. The van der Waals surface area contributed by atoms with Crippen molar-refractivity contribution in [2.24, 2.45) is 16.8 Å². The van der Waals surface area contributed by atoms with Crippen LogP contribution >= 0.6 is 24.0 Å². The fraction of sp³-hybridized carbons (Fsp3) is 0.909. The number of nitrogens with zero attached hydrogens (tertiary/aromatic N) is 2. The number of carbonyl (C=O) groups is 1. The van der Waals surface area contributed by atoms with Crippen molar-refractivity contribution in [2.45, 2.75) is 84.8 Å². The molecule has 6 nitrogen and oxygen atoms in total. The third kappa shape index (κ3) is 8.99. The molecule has 0 aromatic heterocycles. The first-order valence-corrected chi connectivity index (χ1v) is 11.5. The van der Waals surface area contributed by atoms with Crippen LogP contribution in [0.5, 0.6) is 0 Å². The predicted molar refractivity (Wildman–Crippen MR) is 131 cm³/mol. The summed E-state index contributed by atoms with van der Waals surface area (Å²) in [4.78, 5) is 19.6. The zero-order chi connectivity index (χ0) is 20.4. The highest BCUT2D eigenvalue weighted by Gasteiger charge is 2.31. The summed E-state index contributed by atoms with van der Waals surface area (Å²) >= 11 is 0. The second kappa shape index (κ2) is 14.4. The van der Waals surface area contributed by atoms with E-state index in [1.54, 1.807) is 0 Å². The summed E-state index contributed by atoms with van der Waals surface area (Å²) < 4.78 is 5.82. The third-order valence-electron chi connectivity index (χ3n) is 5.95. The minimum Gasteiger partial charge on any atom is -0.378 e. The molecule has 0 bridgehead atoms. The first-order chi connectivity index (χ1) is 13.5. The molecule has 29 heavy (non-hydrogen) atoms. The van der Waals surface area contributed by atoms with Gasteiger partial charge in [0, 0.05) is 44.7 Å². The molecule has 1 aliphatic heterocycles. The Balaban J connectivity index is 0.00000420. The van der Waals surface area contributed by atoms with Gasteiger partial charge in [0.05, 0.1) is 6.10 Å². The molecule has 1 saturated carbocycles. The van der Waals surface area contributed by atoms with E-state index < -0.39 is 0 Å². The van der Waals surface area contributed by atoms with E-state index >= 15 is 0 Å². The van der Waals surface area contributed by atoms with E-state index in [2.05, 4.69) is 36.3 Å². The van der Waals surface area contributed by atoms with Gasteiger partial charge in [0.1, 0.15) is 0 Å². The lowest BCUT2D eigenvalue weighted by molar-refractivity contribution is -0.135. The monoisotopic (exact) mass is 522 g/mol. The van der Waals surface area contributed by atoms with Gasteiger partial charge in [0.15, 0.2) is 5.96 Å². The van der Waals surface area contributed by atoms with Gasteiger partial charge in [0.25, 0.3) is 0 Å². The van der Waals surface area contributed by atoms with Crippen molar-refractivity contribution in [3.05, 3.63) is 0 Å². The Bertz CT molecular complexity index is 495. The molecule has 2 unspecified atom stereocenters. The quantitative estimate of drug-likeness (QED) is 0.275. The standard InChI is InChI=1S/C22H42N4O2.HI/c1-5-23-22(24-14-12-20(17(3)4)28-6-2)25-19-13-15-26(16-19)21(27)18-10-8-7-9-11-18;/h17-20H,5-16H2,1-4H3,(H2,23,24,25);1H. The van der Waals surface area contributed by atoms with Crippen LogP contribution < -0.4 is 10.6 Å². The van der Waals surface area contributed by atoms with Crippen LogP contribution in [0.1, 0.15) is 72.6 Å². The van der Waals surface area contributed by atoms with Gasteiger partial charge in [-0.1, -0.05) is 33.1 Å². The predicted octanol–water partition coefficient (Wildman–Crippen LogP) is 3.79. The zero-order valence-corrected chi connectivity index (χ0v) is 21.2. The van der Waals surface area contributed by atoms with Crippen molar-refractivity contribution in [3.8, 4) is 0 Å². The number of rotatable bonds is 9. The minimum atomic E-state index is 0. The molecule has 2 rings (SSSR count). The van der Waals surface area contributed by atoms with Crippen molar-refractivity contribution in [1.82, 2.24) is 15.5 Å². The Labute approximate surface area is 195 Å². The number of nitrogens with one attached hydrogen (secondary N) is 2. The Morgan fingerprint density at radius 1 is 1.17 bits per heavy atom. The highest BCUT2D eigenvalue weighted by Crippen LogP contribution is 2.26. The molecule has 0 aromatic carbocycles. The van der Waals surface area contributed by atoms with Crippen molar-refractivity contribution in [3.63, 3.8) is 0 Å². The molecule has 0 radical (unpaired) electrons. The minimum absolute atomic E-state index is 0. The van der Waals surface area contributed by atoms with Crippen LogP contribution in [0.4, 0.5) is 0 Å². The lowest BCUT2D eigenvalue weighted by Crippen LogP contribution is -2.45. The maximum absolute atomic E-state index is 12.8. The van der Waals surface area contributed by atoms with Gasteiger partial charge >= 0.3 is 0 Å². The molecule has 2 aliphatic rings. The molecule has 0 aromatic rings. The number of amides is 1. The molecule has 170 valence electrons. The van der Waals surface area contributed by atoms with Gasteiger partial charge in [-0.05, 0) is 45.4 Å². The second-order valence-electron chi connectivity index (χ2n) is 8.54. The molecule has 1 heterocycles. The Morgan fingerprint density at radius 2 is 1.90 bits per heavy atom. The van der Waals surface area contributed by atoms with E-state index in [1.165, 1.54) is 19.3 Å². The Kier molecular flexibility index (Phi) is 13.2. The van der Waals surface area contributed by atoms with Gasteiger partial charge in [-0.2, -0.15) is 0 Å². The molecule has 2 atom stereocenters. The van der Waals surface area contributed by atoms with Crippen LogP contribution in [0.3, 0.4) is 0 Å². The highest BCUT2D eigenvalue weighted by molar-refractivity contribution is 14.0. The number of hydrogen-bond acceptors (Lipinski definition) is 3. The zero-order valence-electron chi connectivity index (χ0n) is 18.9. The fourth-order valence-electron chi connectivity index (χ4n) is 4.33. The number of halogens is 1. The fourth-order valence-corrected chi connectivity index (χ4v) is 4.33. The summed E-state index contributed by atoms with van der Waals surface area (Å²) in [5.74, 6) is 2.00. The lowest BCUT2D eigenvalue weighted by atomic mass is 9.88. The number of aliphatic imine (C=N–C) groups is 1. The van der Waals surface area contributed by atoms with E-state index in [1.807, 2.05) is 6.92 Å². The van der Waals surface area contributed by atoms with Crippen molar-refractivity contribution < 1.29 is 9.53 Å². The maximum Gasteiger partial charge on any atom is 0.225 e. The highest BCUT2D eigenvalue weighted by atomic mass is 127. The average Bonchev–Trinajstić information content (AvgIpc) is 3.16. The molecule has 1 amide bonds. The molecular weight excluding hydrogens is 479 g/mol. The van der Waals surface area contributed by atoms with E-state index in [9.17, 15) is 4.79 Å². The second-order valence-corrected chi connectivity index (χ2v) is 8.54. The van der Waals surface area contributed by atoms with Gasteiger partial charge in [0.2, 0.25) is 5.91 Å². The van der Waals surface area contributed by atoms with Crippen LogP contribution in [-0.2, 0) is 9.53 Å². The topological polar surface area (TPSA) is 66.0 Å². The van der Waals surface area contributed by atoms with Crippen LogP contribution in [-0.4, -0.2) is 61.7 Å². The molecule has 1 saturated heterocycles. The molecule has 2 N–H and O–H groups in total. The van der Waals surface area contributed by atoms with Gasteiger partial charge in [-0.25, -0.2) is 0 Å². The summed E-state index contributed by atoms with van der Waals surface area (Å²) in [5.41, 5.74) is 0. The van der Waals surface area contributed by atoms with E-state index in [0.717, 1.165) is 64.4 Å². The first-order valence-electron chi connectivity index (χ1n) is 11.5. The molecule has 0 spiro atoms. The van der Waals surface area contributed by atoms with Crippen LogP contribution in [0, 0.1) is 11.8 Å². The largest absolute Gasteiger partial charge is 0.378 e. The van der Waals surface area contributed by atoms with Crippen LogP contribution in [0.15, 0.2) is 4.99 Å². The van der Waals surface area contributed by atoms with Gasteiger partial charge < -0.3 is 20.3 Å². The van der Waals surface area contributed by atoms with Crippen molar-refractivity contribution in [1.29, 1.82) is 0 Å². The van der Waals surface area contributed by atoms with Crippen LogP contribution in [0.25, 0.3) is 0 Å². The first kappa shape index (κ1) is 26.5. The summed E-state index contributed by atoms with van der Waals surface area (Å²) in [6.07, 6.45) is 8.05. The number of guanidine groups is 1. The normalized spacial score (nSPS) is 21.8. The Morgan fingerprint density at radius 3 is 2.52 bits per heavy atom. The van der Waals surface area contributed by atoms with E-state index in [-0.39, 0.29) is 42.0 Å². The molecule has 7 heteroatoms. The lowest BCUT2D eigenvalue weighted by Gasteiger charge is -2.26. The number of likely N-dealkylation sites (tertiary alicyclic amines) is 1. The van der Waals surface area contributed by atoms with Crippen molar-refractivity contribution in [2.75, 3.05) is 32.8 Å².